The molecule has 0 aliphatic carbocycles. The highest BCUT2D eigenvalue weighted by molar-refractivity contribution is 9.10. The number of ether oxygens (including phenoxy) is 1. The summed E-state index contributed by atoms with van der Waals surface area (Å²) in [4.78, 5) is 18.5. The minimum atomic E-state index is 0.0435. The molecule has 1 amide bonds. The van der Waals surface area contributed by atoms with Gasteiger partial charge < -0.3 is 9.64 Å². The molecule has 0 radical (unpaired) electrons. The van der Waals surface area contributed by atoms with Gasteiger partial charge in [-0.25, -0.2) is 4.98 Å². The summed E-state index contributed by atoms with van der Waals surface area (Å²) in [6.45, 7) is 1.44. The van der Waals surface area contributed by atoms with E-state index in [0.717, 1.165) is 36.7 Å². The molecule has 25 heavy (non-hydrogen) atoms. The number of benzene rings is 1. The summed E-state index contributed by atoms with van der Waals surface area (Å²) in [5.41, 5.74) is 1.34. The van der Waals surface area contributed by atoms with E-state index in [1.807, 2.05) is 23.1 Å². The third-order valence-corrected chi connectivity index (χ3v) is 4.90. The van der Waals surface area contributed by atoms with E-state index in [-0.39, 0.29) is 12.0 Å². The van der Waals surface area contributed by atoms with Crippen molar-refractivity contribution in [3.63, 3.8) is 0 Å². The fraction of sp³-hybridized carbons (Fsp3) is 0.400. The number of carbonyl (C=O) groups is 1. The van der Waals surface area contributed by atoms with Crippen molar-refractivity contribution in [1.82, 2.24) is 9.88 Å². The fourth-order valence-electron chi connectivity index (χ4n) is 3.06. The van der Waals surface area contributed by atoms with Crippen LogP contribution in [0.5, 0.6) is 5.88 Å². The molecule has 1 aliphatic heterocycles. The van der Waals surface area contributed by atoms with Crippen molar-refractivity contribution in [2.75, 3.05) is 13.1 Å². The molecule has 5 heteroatoms. The number of aromatic nitrogens is 1. The highest BCUT2D eigenvalue weighted by atomic mass is 79.9. The number of rotatable bonds is 7. The average molecular weight is 403 g/mol. The standard InChI is InChI=1S/C20H23BrN2O2/c21-17-10-11-19(22-14-17)25-18-12-13-23(15-18)20(24)9-5-4-8-16-6-2-1-3-7-16/h1-3,6-7,10-11,14,18H,4-5,8-9,12-13,15H2/t18-/m0/s1. The summed E-state index contributed by atoms with van der Waals surface area (Å²) < 4.78 is 6.80. The van der Waals surface area contributed by atoms with Gasteiger partial charge in [0, 0.05) is 36.1 Å². The van der Waals surface area contributed by atoms with Crippen molar-refractivity contribution in [2.45, 2.75) is 38.2 Å². The van der Waals surface area contributed by atoms with Gasteiger partial charge in [0.05, 0.1) is 6.54 Å². The number of pyridine rings is 1. The summed E-state index contributed by atoms with van der Waals surface area (Å²) in [6.07, 6.45) is 6.27. The molecule has 1 aliphatic rings. The Bertz CT molecular complexity index is 676. The van der Waals surface area contributed by atoms with E-state index in [9.17, 15) is 4.79 Å². The summed E-state index contributed by atoms with van der Waals surface area (Å²) in [5.74, 6) is 0.855. The molecule has 2 heterocycles. The maximum absolute atomic E-state index is 12.3. The van der Waals surface area contributed by atoms with Crippen molar-refractivity contribution in [3.05, 3.63) is 58.7 Å². The van der Waals surface area contributed by atoms with Crippen molar-refractivity contribution in [2.24, 2.45) is 0 Å². The molecule has 0 spiro atoms. The van der Waals surface area contributed by atoms with E-state index < -0.39 is 0 Å². The molecule has 1 aromatic carbocycles. The highest BCUT2D eigenvalue weighted by Crippen LogP contribution is 2.19. The van der Waals surface area contributed by atoms with Crippen LogP contribution < -0.4 is 4.74 Å². The second kappa shape index (κ2) is 8.99. The lowest BCUT2D eigenvalue weighted by atomic mass is 10.1. The molecule has 1 saturated heterocycles. The highest BCUT2D eigenvalue weighted by Gasteiger charge is 2.27. The molecule has 1 atom stereocenters. The summed E-state index contributed by atoms with van der Waals surface area (Å²) in [7, 11) is 0. The van der Waals surface area contributed by atoms with Crippen LogP contribution in [0.15, 0.2) is 53.1 Å². The Morgan fingerprint density at radius 2 is 2.04 bits per heavy atom. The fourth-order valence-corrected chi connectivity index (χ4v) is 3.30. The van der Waals surface area contributed by atoms with Gasteiger partial charge in [-0.3, -0.25) is 4.79 Å². The molecule has 0 saturated carbocycles. The first kappa shape index (κ1) is 17.9. The third kappa shape index (κ3) is 5.56. The van der Waals surface area contributed by atoms with Crippen LogP contribution in [-0.2, 0) is 11.2 Å². The molecule has 132 valence electrons. The SMILES string of the molecule is O=C(CCCCc1ccccc1)N1CC[C@H](Oc2ccc(Br)cn2)C1. The maximum Gasteiger partial charge on any atom is 0.222 e. The molecule has 3 rings (SSSR count). The van der Waals surface area contributed by atoms with Gasteiger partial charge in [0.25, 0.3) is 0 Å². The number of halogens is 1. The zero-order valence-corrected chi connectivity index (χ0v) is 15.8. The Labute approximate surface area is 157 Å². The average Bonchev–Trinajstić information content (AvgIpc) is 3.10. The Kier molecular flexibility index (Phi) is 6.45. The quantitative estimate of drug-likeness (QED) is 0.650. The second-order valence-electron chi connectivity index (χ2n) is 6.38. The Morgan fingerprint density at radius 1 is 1.20 bits per heavy atom. The predicted octanol–water partition coefficient (Wildman–Crippen LogP) is 4.24. The van der Waals surface area contributed by atoms with Crippen molar-refractivity contribution < 1.29 is 9.53 Å². The summed E-state index contributed by atoms with van der Waals surface area (Å²) in [6, 6.07) is 14.2. The minimum absolute atomic E-state index is 0.0435. The smallest absolute Gasteiger partial charge is 0.222 e. The van der Waals surface area contributed by atoms with Gasteiger partial charge in [0.15, 0.2) is 0 Å². The topological polar surface area (TPSA) is 42.4 Å². The zero-order valence-electron chi connectivity index (χ0n) is 14.2. The van der Waals surface area contributed by atoms with Crippen LogP contribution >= 0.6 is 15.9 Å². The summed E-state index contributed by atoms with van der Waals surface area (Å²) >= 11 is 3.36. The lowest BCUT2D eigenvalue weighted by molar-refractivity contribution is -0.130. The van der Waals surface area contributed by atoms with E-state index in [4.69, 9.17) is 4.74 Å². The molecule has 4 nitrogen and oxygen atoms in total. The zero-order chi connectivity index (χ0) is 17.5. The molecule has 0 bridgehead atoms. The first-order chi connectivity index (χ1) is 12.2. The number of nitrogens with zero attached hydrogens (tertiary/aromatic N) is 2. The maximum atomic E-state index is 12.3. The van der Waals surface area contributed by atoms with Crippen LogP contribution in [0.3, 0.4) is 0 Å². The van der Waals surface area contributed by atoms with Gasteiger partial charge in [-0.1, -0.05) is 30.3 Å². The number of amides is 1. The second-order valence-corrected chi connectivity index (χ2v) is 7.29. The van der Waals surface area contributed by atoms with Crippen LogP contribution in [0.4, 0.5) is 0 Å². The van der Waals surface area contributed by atoms with Crippen molar-refractivity contribution >= 4 is 21.8 Å². The van der Waals surface area contributed by atoms with Crippen LogP contribution in [-0.4, -0.2) is 35.0 Å². The first-order valence-corrected chi connectivity index (χ1v) is 9.60. The van der Waals surface area contributed by atoms with E-state index >= 15 is 0 Å². The van der Waals surface area contributed by atoms with E-state index in [1.165, 1.54) is 5.56 Å². The molecular formula is C20H23BrN2O2. The van der Waals surface area contributed by atoms with Crippen LogP contribution in [0.25, 0.3) is 0 Å². The monoisotopic (exact) mass is 402 g/mol. The van der Waals surface area contributed by atoms with Crippen LogP contribution in [0.1, 0.15) is 31.2 Å². The van der Waals surface area contributed by atoms with Crippen molar-refractivity contribution in [1.29, 1.82) is 0 Å². The molecular weight excluding hydrogens is 380 g/mol. The van der Waals surface area contributed by atoms with Gasteiger partial charge in [-0.2, -0.15) is 0 Å². The summed E-state index contributed by atoms with van der Waals surface area (Å²) in [5, 5.41) is 0. The third-order valence-electron chi connectivity index (χ3n) is 4.43. The Morgan fingerprint density at radius 3 is 2.80 bits per heavy atom. The number of carbonyl (C=O) groups excluding carboxylic acids is 1. The van der Waals surface area contributed by atoms with Crippen molar-refractivity contribution in [3.8, 4) is 5.88 Å². The molecule has 1 aromatic heterocycles. The van der Waals surface area contributed by atoms with Gasteiger partial charge in [0.1, 0.15) is 6.10 Å². The molecule has 0 N–H and O–H groups in total. The largest absolute Gasteiger partial charge is 0.472 e. The lowest BCUT2D eigenvalue weighted by Gasteiger charge is -2.17. The number of aryl methyl sites for hydroxylation is 1. The number of likely N-dealkylation sites (tertiary alicyclic amines) is 1. The lowest BCUT2D eigenvalue weighted by Crippen LogP contribution is -2.30. The van der Waals surface area contributed by atoms with E-state index in [0.29, 0.717) is 18.8 Å². The Balaban J connectivity index is 1.36. The van der Waals surface area contributed by atoms with Gasteiger partial charge in [-0.05, 0) is 46.8 Å². The van der Waals surface area contributed by atoms with Crippen LogP contribution in [0, 0.1) is 0 Å². The molecule has 1 fully saturated rings. The van der Waals surface area contributed by atoms with E-state index in [2.05, 4.69) is 45.2 Å². The van der Waals surface area contributed by atoms with Gasteiger partial charge in [0.2, 0.25) is 11.8 Å². The number of unbranched alkanes of at least 4 members (excludes halogenated alkanes) is 1. The minimum Gasteiger partial charge on any atom is -0.472 e. The number of hydrogen-bond acceptors (Lipinski definition) is 3. The number of hydrogen-bond donors (Lipinski definition) is 0. The Hall–Kier alpha value is -1.88. The van der Waals surface area contributed by atoms with Gasteiger partial charge in [-0.15, -0.1) is 0 Å². The van der Waals surface area contributed by atoms with E-state index in [1.54, 1.807) is 6.20 Å². The first-order valence-electron chi connectivity index (χ1n) is 8.80. The molecule has 0 unspecified atom stereocenters. The normalized spacial score (nSPS) is 16.8. The predicted molar refractivity (Wildman–Crippen MR) is 102 cm³/mol. The van der Waals surface area contributed by atoms with Crippen LogP contribution in [0.2, 0.25) is 0 Å². The molecule has 2 aromatic rings. The van der Waals surface area contributed by atoms with Gasteiger partial charge >= 0.3 is 0 Å².